The highest BCUT2D eigenvalue weighted by Crippen LogP contribution is 2.57. The molecular formula is C24H32O5. The Hall–Kier alpha value is -1.85. The Morgan fingerprint density at radius 2 is 1.93 bits per heavy atom. The molecule has 2 aliphatic rings. The summed E-state index contributed by atoms with van der Waals surface area (Å²) in [5.41, 5.74) is -0.863. The van der Waals surface area contributed by atoms with Gasteiger partial charge in [0.2, 0.25) is 0 Å². The average molecular weight is 401 g/mol. The zero-order valence-corrected chi connectivity index (χ0v) is 17.7. The number of fused-ring (bicyclic) bond motifs is 2. The highest BCUT2D eigenvalue weighted by Gasteiger charge is 2.56. The van der Waals surface area contributed by atoms with Crippen molar-refractivity contribution in [2.75, 3.05) is 6.61 Å². The smallest absolute Gasteiger partial charge is 0.336 e. The second-order valence-corrected chi connectivity index (χ2v) is 10.0. The Kier molecular flexibility index (Phi) is 5.02. The number of hydrogen-bond acceptors (Lipinski definition) is 5. The van der Waals surface area contributed by atoms with E-state index in [1.165, 1.54) is 6.07 Å². The lowest BCUT2D eigenvalue weighted by Gasteiger charge is -2.58. The minimum atomic E-state index is -0.808. The second kappa shape index (κ2) is 7.13. The van der Waals surface area contributed by atoms with Gasteiger partial charge in [-0.15, -0.1) is 0 Å². The molecule has 29 heavy (non-hydrogen) atoms. The SMILES string of the molecule is C[C@H]1CC(O)C(C)(C)C2CCC(C)(O)C(COc3ccc4ccc(=O)oc4c3)C21. The van der Waals surface area contributed by atoms with Gasteiger partial charge in [0.15, 0.2) is 0 Å². The quantitative estimate of drug-likeness (QED) is 0.762. The van der Waals surface area contributed by atoms with Crippen LogP contribution in [0.5, 0.6) is 5.75 Å². The summed E-state index contributed by atoms with van der Waals surface area (Å²) >= 11 is 0. The van der Waals surface area contributed by atoms with Gasteiger partial charge in [0.1, 0.15) is 11.3 Å². The fraction of sp³-hybridized carbons (Fsp3) is 0.625. The summed E-state index contributed by atoms with van der Waals surface area (Å²) in [6, 6.07) is 8.62. The van der Waals surface area contributed by atoms with Gasteiger partial charge in [-0.2, -0.15) is 0 Å². The third-order valence-electron chi connectivity index (χ3n) is 7.78. The molecular weight excluding hydrogens is 368 g/mol. The monoisotopic (exact) mass is 400 g/mol. The van der Waals surface area contributed by atoms with Crippen molar-refractivity contribution < 1.29 is 19.4 Å². The molecule has 6 atom stereocenters. The fourth-order valence-electron chi connectivity index (χ4n) is 5.85. The molecule has 2 fully saturated rings. The molecule has 158 valence electrons. The molecule has 1 aromatic heterocycles. The first-order valence-corrected chi connectivity index (χ1v) is 10.7. The summed E-state index contributed by atoms with van der Waals surface area (Å²) in [5, 5.41) is 22.7. The van der Waals surface area contributed by atoms with Crippen molar-refractivity contribution in [3.05, 3.63) is 40.8 Å². The van der Waals surface area contributed by atoms with E-state index in [0.29, 0.717) is 36.2 Å². The van der Waals surface area contributed by atoms with Crippen LogP contribution in [-0.4, -0.2) is 28.5 Å². The van der Waals surface area contributed by atoms with Gasteiger partial charge < -0.3 is 19.4 Å². The summed E-state index contributed by atoms with van der Waals surface area (Å²) in [6.45, 7) is 8.82. The number of ether oxygens (including phenoxy) is 1. The Morgan fingerprint density at radius 1 is 1.21 bits per heavy atom. The molecule has 4 rings (SSSR count). The molecule has 5 nitrogen and oxygen atoms in total. The molecule has 1 aromatic carbocycles. The minimum absolute atomic E-state index is 0.0264. The largest absolute Gasteiger partial charge is 0.493 e. The minimum Gasteiger partial charge on any atom is -0.493 e. The van der Waals surface area contributed by atoms with E-state index < -0.39 is 5.60 Å². The van der Waals surface area contributed by atoms with E-state index >= 15 is 0 Å². The fourth-order valence-corrected chi connectivity index (χ4v) is 5.85. The maximum Gasteiger partial charge on any atom is 0.336 e. The number of hydrogen-bond donors (Lipinski definition) is 2. The highest BCUT2D eigenvalue weighted by atomic mass is 16.5. The normalized spacial score (nSPS) is 36.6. The van der Waals surface area contributed by atoms with Crippen molar-refractivity contribution in [3.8, 4) is 5.75 Å². The van der Waals surface area contributed by atoms with E-state index in [1.807, 2.05) is 19.1 Å². The van der Waals surface area contributed by atoms with Crippen LogP contribution in [0.25, 0.3) is 11.0 Å². The van der Waals surface area contributed by atoms with Crippen molar-refractivity contribution in [1.82, 2.24) is 0 Å². The first-order chi connectivity index (χ1) is 13.6. The summed E-state index contributed by atoms with van der Waals surface area (Å²) < 4.78 is 11.4. The molecule has 0 saturated heterocycles. The lowest BCUT2D eigenvalue weighted by Crippen LogP contribution is -2.59. The molecule has 2 aliphatic carbocycles. The molecule has 1 heterocycles. The number of aliphatic hydroxyl groups is 2. The average Bonchev–Trinajstić information content (AvgIpc) is 2.64. The molecule has 2 saturated carbocycles. The van der Waals surface area contributed by atoms with Crippen LogP contribution in [0, 0.1) is 29.1 Å². The van der Waals surface area contributed by atoms with Crippen molar-refractivity contribution in [2.24, 2.45) is 29.1 Å². The maximum atomic E-state index is 11.5. The van der Waals surface area contributed by atoms with Crippen molar-refractivity contribution in [1.29, 1.82) is 0 Å². The predicted octanol–water partition coefficient (Wildman–Crippen LogP) is 3.99. The first kappa shape index (κ1) is 20.4. The lowest BCUT2D eigenvalue weighted by atomic mass is 9.49. The zero-order valence-electron chi connectivity index (χ0n) is 17.7. The summed E-state index contributed by atoms with van der Waals surface area (Å²) in [4.78, 5) is 11.5. The van der Waals surface area contributed by atoms with Gasteiger partial charge in [0, 0.05) is 23.4 Å². The predicted molar refractivity (Wildman–Crippen MR) is 112 cm³/mol. The maximum absolute atomic E-state index is 11.5. The molecule has 0 bridgehead atoms. The van der Waals surface area contributed by atoms with Crippen molar-refractivity contribution in [2.45, 2.75) is 58.7 Å². The lowest BCUT2D eigenvalue weighted by molar-refractivity contribution is -0.175. The number of benzene rings is 1. The molecule has 5 heteroatoms. The van der Waals surface area contributed by atoms with E-state index in [-0.39, 0.29) is 29.0 Å². The van der Waals surface area contributed by atoms with Crippen LogP contribution >= 0.6 is 0 Å². The van der Waals surface area contributed by atoms with E-state index in [1.54, 1.807) is 12.1 Å². The summed E-state index contributed by atoms with van der Waals surface area (Å²) in [5.74, 6) is 1.56. The van der Waals surface area contributed by atoms with E-state index in [4.69, 9.17) is 9.15 Å². The molecule has 2 aromatic rings. The van der Waals surface area contributed by atoms with Crippen LogP contribution in [0.2, 0.25) is 0 Å². The molecule has 0 radical (unpaired) electrons. The van der Waals surface area contributed by atoms with E-state index in [0.717, 1.165) is 18.2 Å². The first-order valence-electron chi connectivity index (χ1n) is 10.7. The third kappa shape index (κ3) is 3.59. The van der Waals surface area contributed by atoms with Crippen LogP contribution < -0.4 is 10.4 Å². The summed E-state index contributed by atoms with van der Waals surface area (Å²) in [6.07, 6.45) is 2.07. The van der Waals surface area contributed by atoms with Crippen LogP contribution in [0.4, 0.5) is 0 Å². The van der Waals surface area contributed by atoms with Gasteiger partial charge in [-0.05, 0) is 67.6 Å². The van der Waals surface area contributed by atoms with Gasteiger partial charge in [-0.3, -0.25) is 0 Å². The molecule has 5 unspecified atom stereocenters. The van der Waals surface area contributed by atoms with E-state index in [2.05, 4.69) is 20.8 Å². The van der Waals surface area contributed by atoms with Gasteiger partial charge >= 0.3 is 5.63 Å². The van der Waals surface area contributed by atoms with Crippen LogP contribution in [-0.2, 0) is 0 Å². The number of aliphatic hydroxyl groups excluding tert-OH is 1. The van der Waals surface area contributed by atoms with Gasteiger partial charge in [0.05, 0.1) is 18.3 Å². The van der Waals surface area contributed by atoms with Crippen molar-refractivity contribution >= 4 is 11.0 Å². The van der Waals surface area contributed by atoms with Crippen LogP contribution in [0.15, 0.2) is 39.5 Å². The number of rotatable bonds is 3. The highest BCUT2D eigenvalue weighted by molar-refractivity contribution is 5.77. The Balaban J connectivity index is 1.59. The van der Waals surface area contributed by atoms with Crippen LogP contribution in [0.1, 0.15) is 47.0 Å². The molecule has 0 amide bonds. The topological polar surface area (TPSA) is 79.9 Å². The van der Waals surface area contributed by atoms with Gasteiger partial charge in [-0.1, -0.05) is 20.8 Å². The Bertz CT molecular complexity index is 944. The molecule has 0 spiro atoms. The zero-order chi connectivity index (χ0) is 21.0. The molecule has 0 aliphatic heterocycles. The summed E-state index contributed by atoms with van der Waals surface area (Å²) in [7, 11) is 0. The molecule has 2 N–H and O–H groups in total. The van der Waals surface area contributed by atoms with Gasteiger partial charge in [-0.25, -0.2) is 4.79 Å². The van der Waals surface area contributed by atoms with Gasteiger partial charge in [0.25, 0.3) is 0 Å². The van der Waals surface area contributed by atoms with Crippen molar-refractivity contribution in [3.63, 3.8) is 0 Å². The van der Waals surface area contributed by atoms with Crippen LogP contribution in [0.3, 0.4) is 0 Å². The Morgan fingerprint density at radius 3 is 2.69 bits per heavy atom. The van der Waals surface area contributed by atoms with E-state index in [9.17, 15) is 15.0 Å². The standard InChI is InChI=1S/C24H32O5/c1-14-11-20(25)23(2,3)17-9-10-24(4,27)18(22(14)17)13-28-16-7-5-15-6-8-21(26)29-19(15)12-16/h5-8,12,14,17-18,20,22,25,27H,9-11,13H2,1-4H3/t14-,17?,18?,20?,22?,24?/m0/s1. The Labute approximate surface area is 171 Å². The third-order valence-corrected chi connectivity index (χ3v) is 7.78. The second-order valence-electron chi connectivity index (χ2n) is 10.0.